The number of hydrogen-bond acceptors (Lipinski definition) is 6. The van der Waals surface area contributed by atoms with Crippen LogP contribution >= 0.6 is 0 Å². The average Bonchev–Trinajstić information content (AvgIpc) is 2.75. The summed E-state index contributed by atoms with van der Waals surface area (Å²) in [7, 11) is 0. The predicted octanol–water partition coefficient (Wildman–Crippen LogP) is 2.29. The van der Waals surface area contributed by atoms with Gasteiger partial charge in [0.2, 0.25) is 0 Å². The van der Waals surface area contributed by atoms with Crippen molar-refractivity contribution in [2.24, 2.45) is 0 Å². The Morgan fingerprint density at radius 3 is 2.76 bits per heavy atom. The number of aryl methyl sites for hydroxylation is 1. The minimum absolute atomic E-state index is 0.0859. The lowest BCUT2D eigenvalue weighted by Gasteiger charge is -2.36. The monoisotopic (exact) mass is 389 g/mol. The predicted molar refractivity (Wildman–Crippen MR) is 111 cm³/mol. The van der Waals surface area contributed by atoms with Crippen molar-refractivity contribution >= 4 is 5.69 Å². The first kappa shape index (κ1) is 17.9. The number of nitrogens with zero attached hydrogens (tertiary/aromatic N) is 5. The van der Waals surface area contributed by atoms with Crippen molar-refractivity contribution in [3.05, 3.63) is 70.3 Å². The summed E-state index contributed by atoms with van der Waals surface area (Å²) in [6.07, 6.45) is 3.76. The van der Waals surface area contributed by atoms with E-state index in [1.807, 2.05) is 42.7 Å². The third-order valence-electron chi connectivity index (χ3n) is 5.66. The van der Waals surface area contributed by atoms with Crippen LogP contribution in [0.2, 0.25) is 0 Å². The number of benzene rings is 1. The van der Waals surface area contributed by atoms with Gasteiger partial charge in [0.05, 0.1) is 18.6 Å². The number of fused-ring (bicyclic) bond motifs is 3. The maximum absolute atomic E-state index is 12.6. The SMILES string of the molecule is Cc1ccncc1N1CCN(Cn2nc3c(cc2=O)COc2ccccc2-3)CC1. The molecule has 7 heteroatoms. The topological polar surface area (TPSA) is 63.5 Å². The van der Waals surface area contributed by atoms with Crippen molar-refractivity contribution in [2.45, 2.75) is 20.2 Å². The molecule has 1 fully saturated rings. The van der Waals surface area contributed by atoms with E-state index in [0.717, 1.165) is 48.7 Å². The van der Waals surface area contributed by atoms with E-state index in [-0.39, 0.29) is 5.56 Å². The van der Waals surface area contributed by atoms with Crippen molar-refractivity contribution in [1.29, 1.82) is 0 Å². The maximum atomic E-state index is 12.6. The molecule has 0 unspecified atom stereocenters. The second-order valence-electron chi connectivity index (χ2n) is 7.55. The first-order chi connectivity index (χ1) is 14.2. The molecule has 0 bridgehead atoms. The summed E-state index contributed by atoms with van der Waals surface area (Å²) >= 11 is 0. The molecule has 2 aliphatic rings. The van der Waals surface area contributed by atoms with E-state index in [1.165, 1.54) is 11.3 Å². The molecule has 0 atom stereocenters. The van der Waals surface area contributed by atoms with E-state index in [0.29, 0.717) is 13.3 Å². The van der Waals surface area contributed by atoms with Gasteiger partial charge < -0.3 is 9.64 Å². The van der Waals surface area contributed by atoms with Crippen LogP contribution in [0.3, 0.4) is 0 Å². The molecule has 5 rings (SSSR count). The minimum atomic E-state index is -0.0859. The molecule has 7 nitrogen and oxygen atoms in total. The van der Waals surface area contributed by atoms with Crippen LogP contribution in [0.4, 0.5) is 5.69 Å². The number of aromatic nitrogens is 3. The van der Waals surface area contributed by atoms with Crippen LogP contribution in [0.15, 0.2) is 53.6 Å². The first-order valence-electron chi connectivity index (χ1n) is 9.90. The molecule has 2 aliphatic heterocycles. The molecule has 0 spiro atoms. The summed E-state index contributed by atoms with van der Waals surface area (Å²) in [6, 6.07) is 11.5. The zero-order chi connectivity index (χ0) is 19.8. The fourth-order valence-corrected chi connectivity index (χ4v) is 4.01. The van der Waals surface area contributed by atoms with Crippen molar-refractivity contribution < 1.29 is 4.74 Å². The first-order valence-corrected chi connectivity index (χ1v) is 9.90. The Bertz CT molecular complexity index is 1100. The largest absolute Gasteiger partial charge is 0.488 e. The zero-order valence-electron chi connectivity index (χ0n) is 16.4. The van der Waals surface area contributed by atoms with Gasteiger partial charge in [0.1, 0.15) is 18.1 Å². The van der Waals surface area contributed by atoms with E-state index in [1.54, 1.807) is 10.7 Å². The summed E-state index contributed by atoms with van der Waals surface area (Å²) < 4.78 is 7.32. The molecule has 148 valence electrons. The second kappa shape index (κ2) is 7.33. The Hall–Kier alpha value is -3.19. The lowest BCUT2D eigenvalue weighted by Crippen LogP contribution is -2.48. The average molecular weight is 389 g/mol. The van der Waals surface area contributed by atoms with Crippen LogP contribution in [0.1, 0.15) is 11.1 Å². The Balaban J connectivity index is 1.34. The summed E-state index contributed by atoms with van der Waals surface area (Å²) in [5.74, 6) is 0.818. The Kier molecular flexibility index (Phi) is 4.52. The van der Waals surface area contributed by atoms with Crippen LogP contribution in [-0.2, 0) is 13.3 Å². The molecule has 1 saturated heterocycles. The summed E-state index contributed by atoms with van der Waals surface area (Å²) in [5, 5.41) is 4.70. The van der Waals surface area contributed by atoms with Crippen molar-refractivity contribution in [3.8, 4) is 17.0 Å². The number of para-hydroxylation sites is 1. The van der Waals surface area contributed by atoms with Gasteiger partial charge in [-0.05, 0) is 30.7 Å². The number of pyridine rings is 1. The van der Waals surface area contributed by atoms with E-state index in [2.05, 4.69) is 21.7 Å². The third kappa shape index (κ3) is 3.38. The molecule has 1 aromatic carbocycles. The summed E-state index contributed by atoms with van der Waals surface area (Å²) in [5.41, 5.74) is 4.98. The van der Waals surface area contributed by atoms with Crippen LogP contribution in [0.5, 0.6) is 5.75 Å². The van der Waals surface area contributed by atoms with Gasteiger partial charge in [0, 0.05) is 49.6 Å². The Morgan fingerprint density at radius 1 is 1.10 bits per heavy atom. The second-order valence-corrected chi connectivity index (χ2v) is 7.55. The van der Waals surface area contributed by atoms with Gasteiger partial charge in [-0.25, -0.2) is 4.68 Å². The van der Waals surface area contributed by atoms with Gasteiger partial charge in [0.25, 0.3) is 5.56 Å². The normalized spacial score (nSPS) is 16.1. The maximum Gasteiger partial charge on any atom is 0.268 e. The molecular formula is C22H23N5O2. The van der Waals surface area contributed by atoms with Gasteiger partial charge in [-0.2, -0.15) is 5.10 Å². The molecule has 0 amide bonds. The van der Waals surface area contributed by atoms with E-state index >= 15 is 0 Å². The van der Waals surface area contributed by atoms with E-state index in [9.17, 15) is 4.79 Å². The molecular weight excluding hydrogens is 366 g/mol. The molecule has 29 heavy (non-hydrogen) atoms. The van der Waals surface area contributed by atoms with Crippen molar-refractivity contribution in [3.63, 3.8) is 0 Å². The molecule has 4 heterocycles. The van der Waals surface area contributed by atoms with Gasteiger partial charge in [-0.15, -0.1) is 0 Å². The molecule has 0 saturated carbocycles. The molecule has 0 N–H and O–H groups in total. The molecule has 2 aromatic heterocycles. The Labute approximate surface area is 169 Å². The Morgan fingerprint density at radius 2 is 1.93 bits per heavy atom. The molecule has 3 aromatic rings. The number of hydrogen-bond donors (Lipinski definition) is 0. The van der Waals surface area contributed by atoms with E-state index in [4.69, 9.17) is 9.84 Å². The number of ether oxygens (including phenoxy) is 1. The lowest BCUT2D eigenvalue weighted by molar-refractivity contribution is 0.191. The fraction of sp³-hybridized carbons (Fsp3) is 0.318. The highest BCUT2D eigenvalue weighted by molar-refractivity contribution is 5.71. The number of piperazine rings is 1. The summed E-state index contributed by atoms with van der Waals surface area (Å²) in [4.78, 5) is 21.5. The van der Waals surface area contributed by atoms with Crippen molar-refractivity contribution in [1.82, 2.24) is 19.7 Å². The standard InChI is InChI=1S/C22H23N5O2/c1-16-6-7-23-13-19(16)26-10-8-25(9-11-26)15-27-21(28)12-17-14-29-20-5-3-2-4-18(20)22(17)24-27/h2-7,12-13H,8-11,14-15H2,1H3. The zero-order valence-corrected chi connectivity index (χ0v) is 16.4. The molecule has 0 aliphatic carbocycles. The van der Waals surface area contributed by atoms with Crippen LogP contribution in [-0.4, -0.2) is 45.8 Å². The highest BCUT2D eigenvalue weighted by atomic mass is 16.5. The lowest BCUT2D eigenvalue weighted by atomic mass is 10.0. The minimum Gasteiger partial charge on any atom is -0.488 e. The van der Waals surface area contributed by atoms with Gasteiger partial charge in [-0.3, -0.25) is 14.7 Å². The number of anilines is 1. The fourth-order valence-electron chi connectivity index (χ4n) is 4.01. The van der Waals surface area contributed by atoms with Gasteiger partial charge >= 0.3 is 0 Å². The highest BCUT2D eigenvalue weighted by Gasteiger charge is 2.22. The van der Waals surface area contributed by atoms with Crippen LogP contribution in [0, 0.1) is 6.92 Å². The van der Waals surface area contributed by atoms with E-state index < -0.39 is 0 Å². The molecule has 0 radical (unpaired) electrons. The van der Waals surface area contributed by atoms with Gasteiger partial charge in [-0.1, -0.05) is 12.1 Å². The number of rotatable bonds is 3. The smallest absolute Gasteiger partial charge is 0.268 e. The van der Waals surface area contributed by atoms with Gasteiger partial charge in [0.15, 0.2) is 0 Å². The van der Waals surface area contributed by atoms with Crippen molar-refractivity contribution in [2.75, 3.05) is 31.1 Å². The quantitative estimate of drug-likeness (QED) is 0.685. The van der Waals surface area contributed by atoms with Crippen LogP contribution in [0.25, 0.3) is 11.3 Å². The summed E-state index contributed by atoms with van der Waals surface area (Å²) in [6.45, 7) is 6.55. The van der Waals surface area contributed by atoms with Crippen LogP contribution < -0.4 is 15.2 Å². The highest BCUT2D eigenvalue weighted by Crippen LogP contribution is 2.34. The third-order valence-corrected chi connectivity index (χ3v) is 5.66.